The molecule has 5 heteroatoms. The Morgan fingerprint density at radius 3 is 2.68 bits per heavy atom. The van der Waals surface area contributed by atoms with Crippen molar-refractivity contribution < 1.29 is 9.53 Å². The number of nitrogens with one attached hydrogen (secondary N) is 1. The lowest BCUT2D eigenvalue weighted by Crippen LogP contribution is -2.03. The summed E-state index contributed by atoms with van der Waals surface area (Å²) in [6.07, 6.45) is 1.61. The largest absolute Gasteiger partial charge is 0.463 e. The molecule has 0 atom stereocenters. The van der Waals surface area contributed by atoms with Gasteiger partial charge in [-0.1, -0.05) is 48.0 Å². The summed E-state index contributed by atoms with van der Waals surface area (Å²) in [4.78, 5) is 18.4. The molecular weight excluding hydrogens is 300 g/mol. The van der Waals surface area contributed by atoms with Crippen LogP contribution in [0.3, 0.4) is 0 Å². The molecule has 3 aromatic rings. The molecule has 0 amide bonds. The minimum atomic E-state index is -0.492. The smallest absolute Gasteiger partial charge is 0.374 e. The fraction of sp³-hybridized carbons (Fsp3) is 0.0588. The second kappa shape index (κ2) is 6.03. The Morgan fingerprint density at radius 2 is 1.91 bits per heavy atom. The average Bonchev–Trinajstić information content (AvgIpc) is 3.05. The van der Waals surface area contributed by atoms with Crippen molar-refractivity contribution in [1.29, 1.82) is 0 Å². The van der Waals surface area contributed by atoms with E-state index in [2.05, 4.69) is 14.7 Å². The van der Waals surface area contributed by atoms with Gasteiger partial charge in [0.25, 0.3) is 0 Å². The van der Waals surface area contributed by atoms with Gasteiger partial charge in [0.2, 0.25) is 5.82 Å². The first-order valence-corrected chi connectivity index (χ1v) is 7.05. The molecule has 0 aliphatic carbocycles. The van der Waals surface area contributed by atoms with Crippen molar-refractivity contribution in [3.05, 3.63) is 65.6 Å². The third kappa shape index (κ3) is 2.73. The van der Waals surface area contributed by atoms with Gasteiger partial charge in [-0.2, -0.15) is 0 Å². The molecule has 0 saturated carbocycles. The van der Waals surface area contributed by atoms with Gasteiger partial charge in [-0.15, -0.1) is 0 Å². The standard InChI is InChI=1S/C17H13ClN2O2/c1-22-17(21)16-19-10-15(20-16)12-6-4-5-11(9-12)13-7-2-3-8-14(13)18/h2-10H,1H3,(H,19,20). The molecule has 0 aliphatic heterocycles. The highest BCUT2D eigenvalue weighted by molar-refractivity contribution is 6.33. The number of nitrogens with zero attached hydrogens (tertiary/aromatic N) is 1. The third-order valence-corrected chi connectivity index (χ3v) is 3.64. The lowest BCUT2D eigenvalue weighted by molar-refractivity contribution is 0.0588. The number of H-pyrrole nitrogens is 1. The summed E-state index contributed by atoms with van der Waals surface area (Å²) in [6, 6.07) is 15.5. The molecule has 0 aliphatic rings. The number of ether oxygens (including phenoxy) is 1. The van der Waals surface area contributed by atoms with E-state index in [1.165, 1.54) is 7.11 Å². The molecule has 22 heavy (non-hydrogen) atoms. The van der Waals surface area contributed by atoms with Gasteiger partial charge in [0, 0.05) is 16.1 Å². The highest BCUT2D eigenvalue weighted by atomic mass is 35.5. The van der Waals surface area contributed by atoms with E-state index in [1.54, 1.807) is 6.20 Å². The molecule has 1 aromatic heterocycles. The number of imidazole rings is 1. The van der Waals surface area contributed by atoms with E-state index in [0.29, 0.717) is 5.02 Å². The number of carbonyl (C=O) groups is 1. The van der Waals surface area contributed by atoms with Crippen molar-refractivity contribution in [3.63, 3.8) is 0 Å². The van der Waals surface area contributed by atoms with Crippen LogP contribution >= 0.6 is 11.6 Å². The first-order chi connectivity index (χ1) is 10.7. The number of rotatable bonds is 3. The van der Waals surface area contributed by atoms with Gasteiger partial charge < -0.3 is 9.72 Å². The van der Waals surface area contributed by atoms with E-state index in [-0.39, 0.29) is 5.82 Å². The summed E-state index contributed by atoms with van der Waals surface area (Å²) in [5.41, 5.74) is 3.62. The van der Waals surface area contributed by atoms with Gasteiger partial charge in [0.15, 0.2) is 0 Å². The summed E-state index contributed by atoms with van der Waals surface area (Å²) < 4.78 is 4.64. The number of hydrogen-bond donors (Lipinski definition) is 1. The highest BCUT2D eigenvalue weighted by Crippen LogP contribution is 2.30. The zero-order valence-electron chi connectivity index (χ0n) is 11.8. The molecule has 1 N–H and O–H groups in total. The Labute approximate surface area is 132 Å². The summed E-state index contributed by atoms with van der Waals surface area (Å²) in [5.74, 6) is -0.311. The number of methoxy groups -OCH3 is 1. The van der Waals surface area contributed by atoms with Crippen molar-refractivity contribution in [3.8, 4) is 22.4 Å². The Kier molecular flexibility index (Phi) is 3.94. The number of halogens is 1. The van der Waals surface area contributed by atoms with Gasteiger partial charge in [-0.25, -0.2) is 9.78 Å². The van der Waals surface area contributed by atoms with Gasteiger partial charge in [-0.3, -0.25) is 0 Å². The van der Waals surface area contributed by atoms with Crippen molar-refractivity contribution in [2.45, 2.75) is 0 Å². The van der Waals surface area contributed by atoms with E-state index >= 15 is 0 Å². The maximum atomic E-state index is 11.5. The fourth-order valence-corrected chi connectivity index (χ4v) is 2.46. The minimum absolute atomic E-state index is 0.181. The molecular formula is C17H13ClN2O2. The van der Waals surface area contributed by atoms with E-state index in [1.807, 2.05) is 48.5 Å². The Hall–Kier alpha value is -2.59. The van der Waals surface area contributed by atoms with Crippen LogP contribution in [-0.2, 0) is 4.74 Å². The van der Waals surface area contributed by atoms with Crippen molar-refractivity contribution >= 4 is 17.6 Å². The van der Waals surface area contributed by atoms with E-state index in [9.17, 15) is 4.79 Å². The molecule has 3 rings (SSSR count). The van der Waals surface area contributed by atoms with Crippen LogP contribution in [0.4, 0.5) is 0 Å². The van der Waals surface area contributed by atoms with Crippen molar-refractivity contribution in [2.24, 2.45) is 0 Å². The third-order valence-electron chi connectivity index (χ3n) is 3.31. The molecule has 0 fully saturated rings. The molecule has 0 saturated heterocycles. The molecule has 110 valence electrons. The van der Waals surface area contributed by atoms with Gasteiger partial charge >= 0.3 is 5.97 Å². The quantitative estimate of drug-likeness (QED) is 0.738. The van der Waals surface area contributed by atoms with Gasteiger partial charge in [0.05, 0.1) is 19.0 Å². The SMILES string of the molecule is COC(=O)c1ncc(-c2cccc(-c3ccccc3Cl)c2)[nH]1. The lowest BCUT2D eigenvalue weighted by atomic mass is 10.0. The van der Waals surface area contributed by atoms with Crippen LogP contribution in [0.1, 0.15) is 10.6 Å². The van der Waals surface area contributed by atoms with Crippen LogP contribution in [0.5, 0.6) is 0 Å². The molecule has 0 bridgehead atoms. The first-order valence-electron chi connectivity index (χ1n) is 6.67. The summed E-state index contributed by atoms with van der Waals surface area (Å²) >= 11 is 6.24. The topological polar surface area (TPSA) is 55.0 Å². The highest BCUT2D eigenvalue weighted by Gasteiger charge is 2.11. The van der Waals surface area contributed by atoms with Crippen LogP contribution in [0.25, 0.3) is 22.4 Å². The second-order valence-electron chi connectivity index (χ2n) is 4.70. The molecule has 0 spiro atoms. The lowest BCUT2D eigenvalue weighted by Gasteiger charge is -2.06. The fourth-order valence-electron chi connectivity index (χ4n) is 2.22. The predicted octanol–water partition coefficient (Wildman–Crippen LogP) is 4.18. The van der Waals surface area contributed by atoms with E-state index in [4.69, 9.17) is 11.6 Å². The van der Waals surface area contributed by atoms with Crippen LogP contribution < -0.4 is 0 Å². The zero-order valence-corrected chi connectivity index (χ0v) is 12.6. The first kappa shape index (κ1) is 14.4. The average molecular weight is 313 g/mol. The number of esters is 1. The maximum Gasteiger partial charge on any atom is 0.374 e. The summed E-state index contributed by atoms with van der Waals surface area (Å²) in [5, 5.41) is 0.694. The molecule has 0 unspecified atom stereocenters. The Balaban J connectivity index is 2.00. The van der Waals surface area contributed by atoms with Crippen LogP contribution in [-0.4, -0.2) is 23.0 Å². The monoisotopic (exact) mass is 312 g/mol. The van der Waals surface area contributed by atoms with Gasteiger partial charge in [0.1, 0.15) is 0 Å². The van der Waals surface area contributed by atoms with Crippen molar-refractivity contribution in [1.82, 2.24) is 9.97 Å². The molecule has 1 heterocycles. The molecule has 0 radical (unpaired) electrons. The van der Waals surface area contributed by atoms with Crippen LogP contribution in [0, 0.1) is 0 Å². The predicted molar refractivity (Wildman–Crippen MR) is 85.8 cm³/mol. The van der Waals surface area contributed by atoms with Crippen molar-refractivity contribution in [2.75, 3.05) is 7.11 Å². The molecule has 2 aromatic carbocycles. The maximum absolute atomic E-state index is 11.5. The number of carbonyl (C=O) groups excluding carboxylic acids is 1. The Morgan fingerprint density at radius 1 is 1.14 bits per heavy atom. The summed E-state index contributed by atoms with van der Waals surface area (Å²) in [7, 11) is 1.32. The second-order valence-corrected chi connectivity index (χ2v) is 5.10. The van der Waals surface area contributed by atoms with Crippen LogP contribution in [0.15, 0.2) is 54.7 Å². The normalized spacial score (nSPS) is 10.5. The minimum Gasteiger partial charge on any atom is -0.463 e. The number of aromatic amines is 1. The van der Waals surface area contributed by atoms with E-state index in [0.717, 1.165) is 22.4 Å². The van der Waals surface area contributed by atoms with Crippen LogP contribution in [0.2, 0.25) is 5.02 Å². The van der Waals surface area contributed by atoms with E-state index < -0.39 is 5.97 Å². The number of benzene rings is 2. The zero-order chi connectivity index (χ0) is 15.5. The number of hydrogen-bond acceptors (Lipinski definition) is 3. The number of aromatic nitrogens is 2. The molecule has 4 nitrogen and oxygen atoms in total. The van der Waals surface area contributed by atoms with Gasteiger partial charge in [-0.05, 0) is 17.7 Å². The summed E-state index contributed by atoms with van der Waals surface area (Å²) in [6.45, 7) is 0. The Bertz CT molecular complexity index is 827.